The number of carboxylic acid groups (broad SMARTS) is 1. The van der Waals surface area contributed by atoms with Crippen LogP contribution in [0.3, 0.4) is 0 Å². The van der Waals surface area contributed by atoms with Crippen molar-refractivity contribution in [1.82, 2.24) is 29.0 Å². The van der Waals surface area contributed by atoms with Gasteiger partial charge < -0.3 is 23.7 Å². The summed E-state index contributed by atoms with van der Waals surface area (Å²) in [5.41, 5.74) is 3.80. The van der Waals surface area contributed by atoms with Crippen LogP contribution < -0.4 is 9.47 Å². The summed E-state index contributed by atoms with van der Waals surface area (Å²) in [5.74, 6) is -0.752. The molecule has 250 valence electrons. The molecule has 3 aromatic heterocycles. The van der Waals surface area contributed by atoms with E-state index in [0.29, 0.717) is 35.8 Å². The van der Waals surface area contributed by atoms with Crippen molar-refractivity contribution < 1.29 is 28.2 Å². The van der Waals surface area contributed by atoms with Crippen molar-refractivity contribution in [1.29, 1.82) is 0 Å². The van der Waals surface area contributed by atoms with Crippen LogP contribution in [0, 0.1) is 11.6 Å². The van der Waals surface area contributed by atoms with Crippen molar-refractivity contribution in [2.45, 2.75) is 59.0 Å². The molecule has 10 nitrogen and oxygen atoms in total. The lowest BCUT2D eigenvalue weighted by atomic mass is 10.1. The topological polar surface area (TPSA) is 108 Å². The van der Waals surface area contributed by atoms with Crippen LogP contribution in [0.1, 0.15) is 49.5 Å². The SMILES string of the molecule is CCn1cncc1Cn1c(CN2CCC(Oc3ccc(F)c(COc4ccc(Cl)cc4F)c3)CC2)nc2ccc(/C(C)=C/C(=O)O)nc21. The largest absolute Gasteiger partial charge is 0.490 e. The van der Waals surface area contributed by atoms with Crippen molar-refractivity contribution >= 4 is 34.3 Å². The third-order valence-corrected chi connectivity index (χ3v) is 8.61. The van der Waals surface area contributed by atoms with Gasteiger partial charge in [0.2, 0.25) is 0 Å². The number of pyridine rings is 1. The van der Waals surface area contributed by atoms with E-state index in [1.807, 2.05) is 12.3 Å². The third kappa shape index (κ3) is 7.66. The van der Waals surface area contributed by atoms with E-state index >= 15 is 0 Å². The minimum atomic E-state index is -1.03. The monoisotopic (exact) mass is 676 g/mol. The number of aromatic nitrogens is 5. The highest BCUT2D eigenvalue weighted by atomic mass is 35.5. The average Bonchev–Trinajstić information content (AvgIpc) is 3.66. The van der Waals surface area contributed by atoms with Gasteiger partial charge in [-0.2, -0.15) is 0 Å². The van der Waals surface area contributed by atoms with E-state index in [1.54, 1.807) is 31.5 Å². The zero-order valence-electron chi connectivity index (χ0n) is 26.6. The molecule has 1 fully saturated rings. The number of carboxylic acids is 1. The molecule has 4 heterocycles. The number of carbonyl (C=O) groups is 1. The summed E-state index contributed by atoms with van der Waals surface area (Å²) in [6, 6.07) is 12.2. The second-order valence-corrected chi connectivity index (χ2v) is 12.1. The molecule has 1 aliphatic rings. The molecule has 2 aromatic carbocycles. The Hall–Kier alpha value is -4.81. The highest BCUT2D eigenvalue weighted by Crippen LogP contribution is 2.27. The minimum Gasteiger partial charge on any atom is -0.490 e. The fourth-order valence-electron chi connectivity index (χ4n) is 5.80. The van der Waals surface area contributed by atoms with Gasteiger partial charge in [-0.1, -0.05) is 11.6 Å². The molecule has 1 N–H and O–H groups in total. The van der Waals surface area contributed by atoms with Crippen molar-refractivity contribution in [2.24, 2.45) is 0 Å². The molecular formula is C35H35ClF2N6O4. The summed E-state index contributed by atoms with van der Waals surface area (Å²) in [6.07, 6.45) is 6.23. The average molecular weight is 677 g/mol. The smallest absolute Gasteiger partial charge is 0.328 e. The maximum Gasteiger partial charge on any atom is 0.328 e. The Kier molecular flexibility index (Phi) is 10.0. The molecule has 0 aliphatic carbocycles. The van der Waals surface area contributed by atoms with Gasteiger partial charge in [0.1, 0.15) is 35.6 Å². The van der Waals surface area contributed by atoms with E-state index in [0.717, 1.165) is 61.7 Å². The molecule has 5 aromatic rings. The molecule has 0 amide bonds. The fraction of sp³-hybridized carbons (Fsp3) is 0.314. The first kappa shape index (κ1) is 33.1. The number of allylic oxidation sites excluding steroid dienone is 1. The van der Waals surface area contributed by atoms with Crippen LogP contribution >= 0.6 is 11.6 Å². The number of piperidine rings is 1. The van der Waals surface area contributed by atoms with Gasteiger partial charge >= 0.3 is 5.97 Å². The number of halogens is 3. The second kappa shape index (κ2) is 14.5. The van der Waals surface area contributed by atoms with Crippen LogP contribution in [-0.2, 0) is 31.0 Å². The van der Waals surface area contributed by atoms with Gasteiger partial charge in [-0.3, -0.25) is 4.90 Å². The predicted molar refractivity (Wildman–Crippen MR) is 177 cm³/mol. The number of ether oxygens (including phenoxy) is 2. The molecule has 0 bridgehead atoms. The van der Waals surface area contributed by atoms with Crippen LogP contribution in [0.5, 0.6) is 11.5 Å². The number of hydrogen-bond donors (Lipinski definition) is 1. The summed E-state index contributed by atoms with van der Waals surface area (Å²) in [5, 5.41) is 9.50. The molecule has 0 unspecified atom stereocenters. The normalized spacial score (nSPS) is 14.5. The number of aryl methyl sites for hydroxylation is 1. The Bertz CT molecular complexity index is 1970. The molecule has 0 atom stereocenters. The van der Waals surface area contributed by atoms with Crippen LogP contribution in [-0.4, -0.2) is 59.3 Å². The molecule has 0 spiro atoms. The summed E-state index contributed by atoms with van der Waals surface area (Å²) in [4.78, 5) is 27.7. The number of rotatable bonds is 12. The standard InChI is InChI=1S/C35H35ClF2N6O4/c1-3-43-21-39-17-25(43)18-44-33(40-31-8-7-30(41-35(31)44)22(2)14-34(45)46)19-42-12-10-26(11-13-42)48-27-5-6-28(37)23(15-27)20-47-32-9-4-24(36)16-29(32)38/h4-9,14-17,21,26H,3,10-13,18-20H2,1-2H3,(H,45,46)/b22-14+. The van der Waals surface area contributed by atoms with E-state index < -0.39 is 17.6 Å². The van der Waals surface area contributed by atoms with E-state index in [-0.39, 0.29) is 29.0 Å². The second-order valence-electron chi connectivity index (χ2n) is 11.7. The first-order chi connectivity index (χ1) is 23.2. The molecule has 48 heavy (non-hydrogen) atoms. The van der Waals surface area contributed by atoms with E-state index in [2.05, 4.69) is 25.9 Å². The van der Waals surface area contributed by atoms with E-state index in [9.17, 15) is 18.7 Å². The number of likely N-dealkylation sites (tertiary alicyclic amines) is 1. The Morgan fingerprint density at radius 2 is 1.88 bits per heavy atom. The number of hydrogen-bond acceptors (Lipinski definition) is 7. The van der Waals surface area contributed by atoms with Crippen LogP contribution in [0.4, 0.5) is 8.78 Å². The van der Waals surface area contributed by atoms with Crippen LogP contribution in [0.25, 0.3) is 16.7 Å². The number of benzene rings is 2. The van der Waals surface area contributed by atoms with Gasteiger partial charge in [-0.25, -0.2) is 28.5 Å². The summed E-state index contributed by atoms with van der Waals surface area (Å²) < 4.78 is 44.6. The highest BCUT2D eigenvalue weighted by molar-refractivity contribution is 6.30. The van der Waals surface area contributed by atoms with Gasteiger partial charge in [0, 0.05) is 42.5 Å². The van der Waals surface area contributed by atoms with Gasteiger partial charge in [0.15, 0.2) is 17.2 Å². The molecule has 0 saturated carbocycles. The zero-order valence-corrected chi connectivity index (χ0v) is 27.3. The predicted octanol–water partition coefficient (Wildman–Crippen LogP) is 6.74. The number of aliphatic carboxylic acids is 1. The number of fused-ring (bicyclic) bond motifs is 1. The van der Waals surface area contributed by atoms with Gasteiger partial charge in [-0.05, 0) is 80.8 Å². The lowest BCUT2D eigenvalue weighted by molar-refractivity contribution is -0.131. The van der Waals surface area contributed by atoms with Crippen molar-refractivity contribution in [2.75, 3.05) is 13.1 Å². The molecule has 6 rings (SSSR count). The third-order valence-electron chi connectivity index (χ3n) is 8.37. The Labute approximate surface area is 281 Å². The van der Waals surface area contributed by atoms with Crippen molar-refractivity contribution in [3.05, 3.63) is 107 Å². The summed E-state index contributed by atoms with van der Waals surface area (Å²) in [7, 11) is 0. The molecule has 1 aliphatic heterocycles. The highest BCUT2D eigenvalue weighted by Gasteiger charge is 2.24. The van der Waals surface area contributed by atoms with Gasteiger partial charge in [0.25, 0.3) is 0 Å². The van der Waals surface area contributed by atoms with Crippen molar-refractivity contribution in [3.8, 4) is 11.5 Å². The van der Waals surface area contributed by atoms with Crippen molar-refractivity contribution in [3.63, 3.8) is 0 Å². The first-order valence-corrected chi connectivity index (χ1v) is 16.1. The van der Waals surface area contributed by atoms with E-state index in [4.69, 9.17) is 31.0 Å². The van der Waals surface area contributed by atoms with Crippen LogP contribution in [0.2, 0.25) is 5.02 Å². The maximum absolute atomic E-state index is 14.6. The Morgan fingerprint density at radius 1 is 1.06 bits per heavy atom. The van der Waals surface area contributed by atoms with Crippen LogP contribution in [0.15, 0.2) is 67.1 Å². The summed E-state index contributed by atoms with van der Waals surface area (Å²) in [6.45, 7) is 7.01. The number of nitrogens with zero attached hydrogens (tertiary/aromatic N) is 6. The molecule has 1 saturated heterocycles. The quantitative estimate of drug-likeness (QED) is 0.145. The fourth-order valence-corrected chi connectivity index (χ4v) is 5.96. The zero-order chi connectivity index (χ0) is 33.8. The minimum absolute atomic E-state index is 0.0108. The summed E-state index contributed by atoms with van der Waals surface area (Å²) >= 11 is 5.81. The molecule has 0 radical (unpaired) electrons. The molecule has 13 heteroatoms. The Morgan fingerprint density at radius 3 is 2.62 bits per heavy atom. The number of imidazole rings is 2. The van der Waals surface area contributed by atoms with Gasteiger partial charge in [0.05, 0.1) is 30.8 Å². The first-order valence-electron chi connectivity index (χ1n) is 15.7. The lowest BCUT2D eigenvalue weighted by Crippen LogP contribution is -2.38. The maximum atomic E-state index is 14.6. The molecular weight excluding hydrogens is 642 g/mol. The lowest BCUT2D eigenvalue weighted by Gasteiger charge is -2.32. The Balaban J connectivity index is 1.14. The van der Waals surface area contributed by atoms with E-state index in [1.165, 1.54) is 18.2 Å². The van der Waals surface area contributed by atoms with Gasteiger partial charge in [-0.15, -0.1) is 0 Å².